The number of ketones is 1. The number of hydrogen-bond donors (Lipinski definition) is 0. The molecule has 1 fully saturated rings. The molecule has 1 aliphatic heterocycles. The molecule has 1 aromatic heterocycles. The fraction of sp³-hybridized carbons (Fsp3) is 0.379. The van der Waals surface area contributed by atoms with Gasteiger partial charge in [-0.3, -0.25) is 19.5 Å². The van der Waals surface area contributed by atoms with E-state index in [0.29, 0.717) is 16.0 Å². The molecule has 13 heteroatoms. The summed E-state index contributed by atoms with van der Waals surface area (Å²) >= 11 is 0. The summed E-state index contributed by atoms with van der Waals surface area (Å²) in [7, 11) is 0. The number of aromatic nitrogens is 1. The van der Waals surface area contributed by atoms with Crippen molar-refractivity contribution in [3.05, 3.63) is 88.5 Å². The molecule has 0 N–H and O–H groups in total. The Balaban J connectivity index is 1.33. The topological polar surface area (TPSA) is 79.8 Å². The fourth-order valence-electron chi connectivity index (χ4n) is 5.53. The maximum absolute atomic E-state index is 13.6. The normalized spacial score (nSPS) is 22.7. The van der Waals surface area contributed by atoms with Gasteiger partial charge in [-0.05, 0) is 49.6 Å². The van der Waals surface area contributed by atoms with Crippen LogP contribution in [0.5, 0.6) is 0 Å². The number of ether oxygens (including phenoxy) is 1. The van der Waals surface area contributed by atoms with E-state index < -0.39 is 66.8 Å². The molecule has 5 rings (SSSR count). The number of halogens is 6. The van der Waals surface area contributed by atoms with Gasteiger partial charge in [0.05, 0.1) is 18.2 Å². The van der Waals surface area contributed by atoms with Crippen LogP contribution >= 0.6 is 0 Å². The average molecular weight is 594 g/mol. The standard InChI is InChI=1S/C29H25F6N3O4/c1-16(29(33,34)35)38(13-17-5-7-18(30)8-6-17)24(39)14-37-15-28(42-27(37)41)12-11-19-21(28)10-9-20(25(19)40)22-3-2-4-23(36-22)26(31)32/h2-10,16,20,26H,11-15H2,1H3/t16-,20?,28-/m0/s1. The third-order valence-corrected chi connectivity index (χ3v) is 7.81. The average Bonchev–Trinajstić information content (AvgIpc) is 3.46. The maximum atomic E-state index is 13.6. The van der Waals surface area contributed by atoms with Crippen LogP contribution in [0.2, 0.25) is 0 Å². The van der Waals surface area contributed by atoms with Crippen LogP contribution in [-0.4, -0.2) is 63.5 Å². The Kier molecular flexibility index (Phi) is 7.62. The molecular weight excluding hydrogens is 568 g/mol. The fourth-order valence-corrected chi connectivity index (χ4v) is 5.53. The second kappa shape index (κ2) is 10.9. The van der Waals surface area contributed by atoms with Gasteiger partial charge in [0.15, 0.2) is 11.4 Å². The minimum absolute atomic E-state index is 0.150. The minimum Gasteiger partial charge on any atom is -0.436 e. The molecule has 7 nitrogen and oxygen atoms in total. The van der Waals surface area contributed by atoms with Gasteiger partial charge in [-0.15, -0.1) is 0 Å². The Morgan fingerprint density at radius 3 is 2.55 bits per heavy atom. The van der Waals surface area contributed by atoms with E-state index in [2.05, 4.69) is 4.98 Å². The van der Waals surface area contributed by atoms with E-state index in [1.807, 2.05) is 0 Å². The highest BCUT2D eigenvalue weighted by molar-refractivity contribution is 6.05. The Labute approximate surface area is 236 Å². The van der Waals surface area contributed by atoms with Crippen LogP contribution in [0.1, 0.15) is 49.1 Å². The minimum atomic E-state index is -4.76. The highest BCUT2D eigenvalue weighted by Gasteiger charge is 2.54. The molecule has 2 aliphatic carbocycles. The lowest BCUT2D eigenvalue weighted by Gasteiger charge is -2.32. The predicted molar refractivity (Wildman–Crippen MR) is 136 cm³/mol. The zero-order valence-electron chi connectivity index (χ0n) is 22.2. The molecular formula is C29H25F6N3O4. The molecule has 42 heavy (non-hydrogen) atoms. The number of amides is 2. The molecule has 2 heterocycles. The SMILES string of the molecule is C[C@H](N(Cc1ccc(F)cc1)C(=O)CN1C[C@]2(CCC3=C2C=CC(c2cccc(C(F)F)n2)C3=O)OC1=O)C(F)(F)F. The molecule has 3 aliphatic rings. The molecule has 222 valence electrons. The van der Waals surface area contributed by atoms with E-state index in [1.165, 1.54) is 30.3 Å². The summed E-state index contributed by atoms with van der Waals surface area (Å²) in [6, 6.07) is 6.49. The molecule has 2 aromatic rings. The molecule has 0 bridgehead atoms. The first-order valence-electron chi connectivity index (χ1n) is 13.1. The molecule has 1 saturated heterocycles. The van der Waals surface area contributed by atoms with Crippen LogP contribution in [0.25, 0.3) is 0 Å². The monoisotopic (exact) mass is 593 g/mol. The van der Waals surface area contributed by atoms with Crippen LogP contribution in [0.4, 0.5) is 31.1 Å². The summed E-state index contributed by atoms with van der Waals surface area (Å²) in [5.74, 6) is -2.87. The number of benzene rings is 1. The molecule has 3 atom stereocenters. The van der Waals surface area contributed by atoms with Crippen LogP contribution in [0, 0.1) is 5.82 Å². The van der Waals surface area contributed by atoms with E-state index in [0.717, 1.165) is 30.0 Å². The molecule has 2 amide bonds. The summed E-state index contributed by atoms with van der Waals surface area (Å²) in [5.41, 5.74) is -0.590. The first-order valence-corrected chi connectivity index (χ1v) is 13.1. The van der Waals surface area contributed by atoms with Gasteiger partial charge in [0.1, 0.15) is 24.1 Å². The van der Waals surface area contributed by atoms with Crippen molar-refractivity contribution in [1.82, 2.24) is 14.8 Å². The lowest BCUT2D eigenvalue weighted by atomic mass is 9.84. The van der Waals surface area contributed by atoms with E-state index in [-0.39, 0.29) is 36.4 Å². The molecule has 1 aromatic carbocycles. The number of hydrogen-bond acceptors (Lipinski definition) is 5. The number of alkyl halides is 5. The van der Waals surface area contributed by atoms with E-state index >= 15 is 0 Å². The quantitative estimate of drug-likeness (QED) is 0.389. The zero-order chi connectivity index (χ0) is 30.4. The van der Waals surface area contributed by atoms with Crippen molar-refractivity contribution >= 4 is 17.8 Å². The van der Waals surface area contributed by atoms with Crippen molar-refractivity contribution < 1.29 is 45.5 Å². The van der Waals surface area contributed by atoms with Crippen molar-refractivity contribution in [2.75, 3.05) is 13.1 Å². The van der Waals surface area contributed by atoms with Gasteiger partial charge in [0.2, 0.25) is 5.91 Å². The number of nitrogens with zero attached hydrogens (tertiary/aromatic N) is 3. The van der Waals surface area contributed by atoms with Gasteiger partial charge in [0.25, 0.3) is 6.43 Å². The van der Waals surface area contributed by atoms with Crippen LogP contribution in [-0.2, 0) is 20.9 Å². The summed E-state index contributed by atoms with van der Waals surface area (Å²) in [6.07, 6.45) is -5.03. The number of carbonyl (C=O) groups is 3. The van der Waals surface area contributed by atoms with Gasteiger partial charge in [-0.2, -0.15) is 13.2 Å². The number of rotatable bonds is 7. The Bertz CT molecular complexity index is 1470. The summed E-state index contributed by atoms with van der Waals surface area (Å²) in [4.78, 5) is 44.9. The second-order valence-electron chi connectivity index (χ2n) is 10.5. The summed E-state index contributed by atoms with van der Waals surface area (Å²) in [6.45, 7) is -0.541. The summed E-state index contributed by atoms with van der Waals surface area (Å²) in [5, 5.41) is 0. The third kappa shape index (κ3) is 5.51. The van der Waals surface area contributed by atoms with Crippen LogP contribution in [0.15, 0.2) is 65.8 Å². The second-order valence-corrected chi connectivity index (χ2v) is 10.5. The van der Waals surface area contributed by atoms with Gasteiger partial charge >= 0.3 is 12.3 Å². The predicted octanol–water partition coefficient (Wildman–Crippen LogP) is 5.64. The smallest absolute Gasteiger partial charge is 0.411 e. The number of pyridine rings is 1. The Morgan fingerprint density at radius 1 is 1.17 bits per heavy atom. The molecule has 0 radical (unpaired) electrons. The van der Waals surface area contributed by atoms with Gasteiger partial charge in [-0.25, -0.2) is 18.0 Å². The van der Waals surface area contributed by atoms with E-state index in [1.54, 1.807) is 6.08 Å². The number of carbonyl (C=O) groups excluding carboxylic acids is 3. The van der Waals surface area contributed by atoms with Crippen LogP contribution in [0.3, 0.4) is 0 Å². The van der Waals surface area contributed by atoms with E-state index in [9.17, 15) is 40.7 Å². The van der Waals surface area contributed by atoms with Gasteiger partial charge in [0, 0.05) is 17.7 Å². The first kappa shape index (κ1) is 29.3. The highest BCUT2D eigenvalue weighted by Crippen LogP contribution is 2.47. The van der Waals surface area contributed by atoms with Crippen molar-refractivity contribution in [2.24, 2.45) is 0 Å². The largest absolute Gasteiger partial charge is 0.436 e. The first-order chi connectivity index (χ1) is 19.8. The zero-order valence-corrected chi connectivity index (χ0v) is 22.2. The molecule has 0 saturated carbocycles. The summed E-state index contributed by atoms with van der Waals surface area (Å²) < 4.78 is 86.2. The lowest BCUT2D eigenvalue weighted by molar-refractivity contribution is -0.187. The Morgan fingerprint density at radius 2 is 1.88 bits per heavy atom. The van der Waals surface area contributed by atoms with E-state index in [4.69, 9.17) is 4.74 Å². The number of fused-ring (bicyclic) bond motifs is 1. The van der Waals surface area contributed by atoms with Crippen molar-refractivity contribution in [1.29, 1.82) is 0 Å². The third-order valence-electron chi connectivity index (χ3n) is 7.81. The van der Waals surface area contributed by atoms with Crippen LogP contribution < -0.4 is 0 Å². The van der Waals surface area contributed by atoms with Crippen molar-refractivity contribution in [3.8, 4) is 0 Å². The molecule has 1 unspecified atom stereocenters. The number of Topliss-reactive ketones (excluding diaryl/α,β-unsaturated/α-hetero) is 1. The molecule has 1 spiro atoms. The lowest BCUT2D eigenvalue weighted by Crippen LogP contribution is -2.50. The Hall–Kier alpha value is -4.16. The number of allylic oxidation sites excluding steroid dienone is 2. The van der Waals surface area contributed by atoms with Gasteiger partial charge in [-0.1, -0.05) is 30.4 Å². The van der Waals surface area contributed by atoms with Crippen molar-refractivity contribution in [2.45, 2.75) is 56.5 Å². The maximum Gasteiger partial charge on any atom is 0.411 e. The van der Waals surface area contributed by atoms with Crippen molar-refractivity contribution in [3.63, 3.8) is 0 Å². The van der Waals surface area contributed by atoms with Gasteiger partial charge < -0.3 is 9.64 Å². The highest BCUT2D eigenvalue weighted by atomic mass is 19.4.